The van der Waals surface area contributed by atoms with Crippen molar-refractivity contribution in [2.45, 2.75) is 12.5 Å². The van der Waals surface area contributed by atoms with Gasteiger partial charge in [0.25, 0.3) is 0 Å². The van der Waals surface area contributed by atoms with Crippen molar-refractivity contribution < 1.29 is 13.3 Å². The first-order valence-corrected chi connectivity index (χ1v) is 9.23. The van der Waals surface area contributed by atoms with E-state index in [1.807, 2.05) is 30.3 Å². The highest BCUT2D eigenvalue weighted by Crippen LogP contribution is 2.27. The second-order valence-corrected chi connectivity index (χ2v) is 6.76. The molecule has 1 fully saturated rings. The molecule has 0 amide bonds. The number of nitrogens with one attached hydrogen (secondary N) is 3. The zero-order chi connectivity index (χ0) is 19.3. The summed E-state index contributed by atoms with van der Waals surface area (Å²) in [6, 6.07) is 13.1. The molecule has 1 aliphatic rings. The molecule has 4 rings (SSSR count). The number of nitrogens with zero attached hydrogens (tertiary/aromatic N) is 2. The molecule has 1 saturated heterocycles. The monoisotopic (exact) mass is 385 g/mol. The molecule has 0 bridgehead atoms. The van der Waals surface area contributed by atoms with Crippen LogP contribution in [0.3, 0.4) is 0 Å². The minimum Gasteiger partial charge on any atom is -0.339 e. The van der Waals surface area contributed by atoms with Crippen LogP contribution in [0.5, 0.6) is 0 Å². The van der Waals surface area contributed by atoms with E-state index in [1.54, 1.807) is 0 Å². The number of aromatic nitrogens is 2. The number of hydrogen-bond acceptors (Lipinski definition) is 6. The maximum absolute atomic E-state index is 14.1. The molecule has 2 aromatic carbocycles. The van der Waals surface area contributed by atoms with Gasteiger partial charge in [0.1, 0.15) is 11.6 Å². The van der Waals surface area contributed by atoms with Crippen LogP contribution in [0.4, 0.5) is 8.78 Å². The van der Waals surface area contributed by atoms with Gasteiger partial charge in [0.05, 0.1) is 6.04 Å². The first-order chi connectivity index (χ1) is 13.7. The van der Waals surface area contributed by atoms with Gasteiger partial charge < -0.3 is 9.84 Å². The van der Waals surface area contributed by atoms with Crippen LogP contribution >= 0.6 is 0 Å². The normalized spacial score (nSPS) is 19.2. The third kappa shape index (κ3) is 4.24. The van der Waals surface area contributed by atoms with Gasteiger partial charge in [0, 0.05) is 49.2 Å². The van der Waals surface area contributed by atoms with E-state index in [2.05, 4.69) is 26.3 Å². The third-order valence-corrected chi connectivity index (χ3v) is 4.81. The molecule has 2 unspecified atom stereocenters. The Kier molecular flexibility index (Phi) is 5.70. The Hall–Kier alpha value is -2.68. The second kappa shape index (κ2) is 8.55. The van der Waals surface area contributed by atoms with Crippen LogP contribution in [-0.4, -0.2) is 29.8 Å². The molecule has 3 aromatic rings. The lowest BCUT2D eigenvalue weighted by atomic mass is 9.94. The fourth-order valence-corrected chi connectivity index (χ4v) is 3.35. The highest BCUT2D eigenvalue weighted by atomic mass is 19.1. The predicted octanol–water partition coefficient (Wildman–Crippen LogP) is 2.61. The summed E-state index contributed by atoms with van der Waals surface area (Å²) in [6.45, 7) is 2.01. The molecule has 28 heavy (non-hydrogen) atoms. The average Bonchev–Trinajstić information content (AvgIpc) is 3.36. The van der Waals surface area contributed by atoms with E-state index in [4.69, 9.17) is 4.52 Å². The fraction of sp³-hybridized carbons (Fsp3) is 0.300. The first-order valence-electron chi connectivity index (χ1n) is 9.23. The van der Waals surface area contributed by atoms with Gasteiger partial charge in [0.2, 0.25) is 11.7 Å². The summed E-state index contributed by atoms with van der Waals surface area (Å²) in [7, 11) is 0. The van der Waals surface area contributed by atoms with Crippen LogP contribution in [0.2, 0.25) is 0 Å². The number of halogens is 2. The Morgan fingerprint density at radius 1 is 1.14 bits per heavy atom. The van der Waals surface area contributed by atoms with E-state index < -0.39 is 11.6 Å². The summed E-state index contributed by atoms with van der Waals surface area (Å²) in [5, 5.41) is 7.36. The van der Waals surface area contributed by atoms with Crippen molar-refractivity contribution in [2.24, 2.45) is 5.92 Å². The van der Waals surface area contributed by atoms with Crippen molar-refractivity contribution in [3.05, 3.63) is 71.6 Å². The lowest BCUT2D eigenvalue weighted by Gasteiger charge is -2.19. The number of hydrazine groups is 1. The van der Waals surface area contributed by atoms with Crippen molar-refractivity contribution in [1.29, 1.82) is 0 Å². The van der Waals surface area contributed by atoms with Crippen LogP contribution in [-0.2, 0) is 6.42 Å². The van der Waals surface area contributed by atoms with Crippen LogP contribution in [0, 0.1) is 17.6 Å². The topological polar surface area (TPSA) is 75.0 Å². The van der Waals surface area contributed by atoms with Crippen LogP contribution in [0.15, 0.2) is 53.1 Å². The predicted molar refractivity (Wildman–Crippen MR) is 100 cm³/mol. The maximum Gasteiger partial charge on any atom is 0.228 e. The highest BCUT2D eigenvalue weighted by molar-refractivity contribution is 5.53. The van der Waals surface area contributed by atoms with E-state index in [0.717, 1.165) is 11.6 Å². The van der Waals surface area contributed by atoms with Crippen LogP contribution < -0.4 is 16.2 Å². The molecular formula is C20H21F2N5O. The summed E-state index contributed by atoms with van der Waals surface area (Å²) in [4.78, 5) is 4.40. The summed E-state index contributed by atoms with van der Waals surface area (Å²) in [6.07, 6.45) is 0.600. The van der Waals surface area contributed by atoms with E-state index in [-0.39, 0.29) is 12.0 Å². The van der Waals surface area contributed by atoms with Gasteiger partial charge in [-0.3, -0.25) is 5.43 Å². The van der Waals surface area contributed by atoms with Crippen molar-refractivity contribution in [3.8, 4) is 11.4 Å². The van der Waals surface area contributed by atoms with E-state index in [9.17, 15) is 8.78 Å². The summed E-state index contributed by atoms with van der Waals surface area (Å²) >= 11 is 0. The van der Waals surface area contributed by atoms with Crippen molar-refractivity contribution >= 4 is 0 Å². The number of hydrogen-bond donors (Lipinski definition) is 3. The van der Waals surface area contributed by atoms with Crippen LogP contribution in [0.1, 0.15) is 17.5 Å². The molecule has 146 valence electrons. The lowest BCUT2D eigenvalue weighted by Crippen LogP contribution is -2.30. The summed E-state index contributed by atoms with van der Waals surface area (Å²) in [5.41, 5.74) is 7.50. The van der Waals surface area contributed by atoms with Gasteiger partial charge in [-0.15, -0.1) is 0 Å². The van der Waals surface area contributed by atoms with Crippen molar-refractivity contribution in [3.63, 3.8) is 0 Å². The Morgan fingerprint density at radius 3 is 2.82 bits per heavy atom. The van der Waals surface area contributed by atoms with E-state index in [1.165, 1.54) is 12.1 Å². The molecular weight excluding hydrogens is 364 g/mol. The van der Waals surface area contributed by atoms with Gasteiger partial charge in [-0.05, 0) is 6.07 Å². The fourth-order valence-electron chi connectivity index (χ4n) is 3.35. The minimum atomic E-state index is -0.573. The largest absolute Gasteiger partial charge is 0.339 e. The quantitative estimate of drug-likeness (QED) is 0.543. The molecule has 0 aliphatic carbocycles. The Morgan fingerprint density at radius 2 is 2.00 bits per heavy atom. The maximum atomic E-state index is 14.1. The first kappa shape index (κ1) is 18.7. The highest BCUT2D eigenvalue weighted by Gasteiger charge is 2.30. The van der Waals surface area contributed by atoms with Gasteiger partial charge in [-0.1, -0.05) is 41.6 Å². The van der Waals surface area contributed by atoms with Gasteiger partial charge in [-0.25, -0.2) is 14.2 Å². The van der Waals surface area contributed by atoms with Gasteiger partial charge >= 0.3 is 0 Å². The standard InChI is InChI=1S/C20H21F2N5O/c21-15-6-7-16(17(22)10-15)19-14(12-24-26-19)11-23-9-8-18-25-20(27-28-18)13-4-2-1-3-5-13/h1-7,10,14,19,23-24,26H,8-9,11-12H2. The molecule has 1 aliphatic heterocycles. The number of rotatable bonds is 7. The molecule has 3 N–H and O–H groups in total. The zero-order valence-electron chi connectivity index (χ0n) is 15.2. The Labute approximate surface area is 161 Å². The Bertz CT molecular complexity index is 918. The van der Waals surface area contributed by atoms with Crippen LogP contribution in [0.25, 0.3) is 11.4 Å². The molecule has 2 atom stereocenters. The SMILES string of the molecule is Fc1ccc(C2NNCC2CNCCc2nc(-c3ccccc3)no2)c(F)c1. The summed E-state index contributed by atoms with van der Waals surface area (Å²) in [5.74, 6) is 0.158. The Balaban J connectivity index is 1.29. The zero-order valence-corrected chi connectivity index (χ0v) is 15.2. The molecule has 0 radical (unpaired) electrons. The molecule has 0 spiro atoms. The van der Waals surface area contributed by atoms with E-state index >= 15 is 0 Å². The smallest absolute Gasteiger partial charge is 0.228 e. The van der Waals surface area contributed by atoms with Crippen molar-refractivity contribution in [1.82, 2.24) is 26.3 Å². The van der Waals surface area contributed by atoms with Gasteiger partial charge in [0.15, 0.2) is 0 Å². The average molecular weight is 385 g/mol. The second-order valence-electron chi connectivity index (χ2n) is 6.76. The molecule has 2 heterocycles. The minimum absolute atomic E-state index is 0.127. The molecule has 1 aromatic heterocycles. The summed E-state index contributed by atoms with van der Waals surface area (Å²) < 4.78 is 32.5. The third-order valence-electron chi connectivity index (χ3n) is 4.81. The number of benzene rings is 2. The van der Waals surface area contributed by atoms with E-state index in [0.29, 0.717) is 43.3 Å². The molecule has 6 nitrogen and oxygen atoms in total. The van der Waals surface area contributed by atoms with Crippen molar-refractivity contribution in [2.75, 3.05) is 19.6 Å². The van der Waals surface area contributed by atoms with Gasteiger partial charge in [-0.2, -0.15) is 4.98 Å². The lowest BCUT2D eigenvalue weighted by molar-refractivity contribution is 0.371. The molecule has 0 saturated carbocycles. The molecule has 8 heteroatoms.